The van der Waals surface area contributed by atoms with Gasteiger partial charge in [-0.05, 0) is 42.7 Å². The van der Waals surface area contributed by atoms with Gasteiger partial charge in [-0.15, -0.1) is 11.3 Å². The second kappa shape index (κ2) is 7.70. The smallest absolute Gasteiger partial charge is 0.222 e. The van der Waals surface area contributed by atoms with Crippen LogP contribution in [0, 0.1) is 5.92 Å². The fourth-order valence-electron chi connectivity index (χ4n) is 3.86. The number of aromatic nitrogens is 2. The predicted molar refractivity (Wildman–Crippen MR) is 99.5 cm³/mol. The highest BCUT2D eigenvalue weighted by Gasteiger charge is 2.29. The Labute approximate surface area is 153 Å². The summed E-state index contributed by atoms with van der Waals surface area (Å²) in [6.07, 6.45) is 7.40. The van der Waals surface area contributed by atoms with Crippen molar-refractivity contribution in [3.8, 4) is 0 Å². The van der Waals surface area contributed by atoms with Gasteiger partial charge in [0.1, 0.15) is 0 Å². The lowest BCUT2D eigenvalue weighted by molar-refractivity contribution is -0.122. The van der Waals surface area contributed by atoms with Crippen molar-refractivity contribution in [3.05, 3.63) is 40.3 Å². The molecule has 1 saturated carbocycles. The number of carbonyl (C=O) groups is 1. The van der Waals surface area contributed by atoms with Gasteiger partial charge >= 0.3 is 0 Å². The van der Waals surface area contributed by atoms with Crippen LogP contribution >= 0.6 is 11.3 Å². The molecule has 1 fully saturated rings. The van der Waals surface area contributed by atoms with E-state index in [9.17, 15) is 4.79 Å². The van der Waals surface area contributed by atoms with Crippen molar-refractivity contribution in [3.63, 3.8) is 0 Å². The molecule has 0 spiro atoms. The summed E-state index contributed by atoms with van der Waals surface area (Å²) in [4.78, 5) is 16.2. The molecule has 6 heteroatoms. The molecule has 3 heterocycles. The van der Waals surface area contributed by atoms with Gasteiger partial charge in [0, 0.05) is 37.3 Å². The molecule has 1 aliphatic carbocycles. The first-order valence-electron chi connectivity index (χ1n) is 9.32. The van der Waals surface area contributed by atoms with Crippen LogP contribution in [0.5, 0.6) is 0 Å². The van der Waals surface area contributed by atoms with Crippen molar-refractivity contribution in [2.45, 2.75) is 44.7 Å². The van der Waals surface area contributed by atoms with E-state index in [1.165, 1.54) is 36.4 Å². The fourth-order valence-corrected chi connectivity index (χ4v) is 4.57. The first-order valence-corrected chi connectivity index (χ1v) is 10.2. The SMILES string of the molecule is O=C(C[C@@H]1CN(CC2CCC2)Cc2ccnn21)NCCc1cccs1. The Morgan fingerprint density at radius 2 is 2.28 bits per heavy atom. The van der Waals surface area contributed by atoms with Crippen LogP contribution in [0.2, 0.25) is 0 Å². The second-order valence-electron chi connectivity index (χ2n) is 7.30. The van der Waals surface area contributed by atoms with Gasteiger partial charge in [-0.1, -0.05) is 12.5 Å². The van der Waals surface area contributed by atoms with Gasteiger partial charge in [-0.25, -0.2) is 0 Å². The third kappa shape index (κ3) is 4.12. The van der Waals surface area contributed by atoms with Gasteiger partial charge in [0.25, 0.3) is 0 Å². The Balaban J connectivity index is 1.31. The van der Waals surface area contributed by atoms with E-state index in [0.29, 0.717) is 13.0 Å². The quantitative estimate of drug-likeness (QED) is 0.828. The maximum Gasteiger partial charge on any atom is 0.222 e. The minimum Gasteiger partial charge on any atom is -0.356 e. The van der Waals surface area contributed by atoms with Crippen LogP contribution in [0.1, 0.15) is 42.3 Å². The highest BCUT2D eigenvalue weighted by atomic mass is 32.1. The molecular weight excluding hydrogens is 332 g/mol. The van der Waals surface area contributed by atoms with Crippen molar-refractivity contribution < 1.29 is 4.79 Å². The minimum atomic E-state index is 0.133. The number of nitrogens with zero attached hydrogens (tertiary/aromatic N) is 3. The van der Waals surface area contributed by atoms with E-state index in [1.807, 2.05) is 6.20 Å². The molecule has 134 valence electrons. The second-order valence-corrected chi connectivity index (χ2v) is 8.33. The lowest BCUT2D eigenvalue weighted by Crippen LogP contribution is -2.42. The van der Waals surface area contributed by atoms with E-state index in [2.05, 4.69) is 43.6 Å². The van der Waals surface area contributed by atoms with Crippen LogP contribution in [0.25, 0.3) is 0 Å². The third-order valence-electron chi connectivity index (χ3n) is 5.39. The topological polar surface area (TPSA) is 50.2 Å². The first kappa shape index (κ1) is 16.8. The number of amides is 1. The summed E-state index contributed by atoms with van der Waals surface area (Å²) in [5.41, 5.74) is 1.24. The van der Waals surface area contributed by atoms with Crippen LogP contribution in [0.15, 0.2) is 29.8 Å². The number of rotatable bonds is 7. The Bertz CT molecular complexity index is 692. The standard InChI is InChI=1S/C19H26N4OS/c24-19(20-8-7-18-5-2-10-25-18)11-17-14-22(12-15-3-1-4-15)13-16-6-9-21-23(16)17/h2,5-6,9-10,15,17H,1,3-4,7-8,11-14H2,(H,20,24)/t17-/m1/s1. The monoisotopic (exact) mass is 358 g/mol. The lowest BCUT2D eigenvalue weighted by Gasteiger charge is -2.38. The molecule has 0 saturated heterocycles. The first-order chi connectivity index (χ1) is 12.3. The lowest BCUT2D eigenvalue weighted by atomic mass is 9.85. The van der Waals surface area contributed by atoms with Crippen LogP contribution in [-0.4, -0.2) is 40.2 Å². The number of nitrogens with one attached hydrogen (secondary N) is 1. The average molecular weight is 359 g/mol. The summed E-state index contributed by atoms with van der Waals surface area (Å²) < 4.78 is 2.07. The molecule has 1 amide bonds. The van der Waals surface area contributed by atoms with Crippen molar-refractivity contribution >= 4 is 17.2 Å². The molecule has 25 heavy (non-hydrogen) atoms. The van der Waals surface area contributed by atoms with E-state index >= 15 is 0 Å². The molecule has 0 radical (unpaired) electrons. The summed E-state index contributed by atoms with van der Waals surface area (Å²) >= 11 is 1.74. The fraction of sp³-hybridized carbons (Fsp3) is 0.579. The number of fused-ring (bicyclic) bond motifs is 1. The van der Waals surface area contributed by atoms with Crippen LogP contribution in [0.3, 0.4) is 0 Å². The average Bonchev–Trinajstić information content (AvgIpc) is 3.22. The summed E-state index contributed by atoms with van der Waals surface area (Å²) in [6, 6.07) is 6.42. The van der Waals surface area contributed by atoms with Crippen LogP contribution in [-0.2, 0) is 17.8 Å². The molecule has 0 bridgehead atoms. The van der Waals surface area contributed by atoms with Gasteiger partial charge in [-0.2, -0.15) is 5.10 Å². The minimum absolute atomic E-state index is 0.133. The van der Waals surface area contributed by atoms with Gasteiger partial charge < -0.3 is 5.32 Å². The van der Waals surface area contributed by atoms with Crippen molar-refractivity contribution in [2.75, 3.05) is 19.6 Å². The highest BCUT2D eigenvalue weighted by molar-refractivity contribution is 7.09. The van der Waals surface area contributed by atoms with E-state index in [0.717, 1.165) is 25.4 Å². The van der Waals surface area contributed by atoms with Gasteiger partial charge in [0.15, 0.2) is 0 Å². The molecule has 4 rings (SSSR count). The number of hydrogen-bond donors (Lipinski definition) is 1. The number of thiophene rings is 1. The van der Waals surface area contributed by atoms with E-state index < -0.39 is 0 Å². The van der Waals surface area contributed by atoms with E-state index in [1.54, 1.807) is 11.3 Å². The zero-order chi connectivity index (χ0) is 17.1. The Morgan fingerprint density at radius 3 is 3.04 bits per heavy atom. The van der Waals surface area contributed by atoms with Crippen LogP contribution < -0.4 is 5.32 Å². The predicted octanol–water partition coefficient (Wildman–Crippen LogP) is 2.85. The van der Waals surface area contributed by atoms with Crippen molar-refractivity contribution in [1.82, 2.24) is 20.0 Å². The van der Waals surface area contributed by atoms with Gasteiger partial charge in [0.05, 0.1) is 18.2 Å². The van der Waals surface area contributed by atoms with Crippen LogP contribution in [0.4, 0.5) is 0 Å². The zero-order valence-electron chi connectivity index (χ0n) is 14.6. The number of hydrogen-bond acceptors (Lipinski definition) is 4. The number of carbonyl (C=O) groups excluding carboxylic acids is 1. The zero-order valence-corrected chi connectivity index (χ0v) is 15.4. The van der Waals surface area contributed by atoms with Gasteiger partial charge in [-0.3, -0.25) is 14.4 Å². The summed E-state index contributed by atoms with van der Waals surface area (Å²) in [5, 5.41) is 9.63. The van der Waals surface area contributed by atoms with E-state index in [4.69, 9.17) is 0 Å². The molecular formula is C19H26N4OS. The maximum atomic E-state index is 12.4. The molecule has 1 atom stereocenters. The summed E-state index contributed by atoms with van der Waals surface area (Å²) in [5.74, 6) is 0.989. The van der Waals surface area contributed by atoms with Gasteiger partial charge in [0.2, 0.25) is 5.91 Å². The Hall–Kier alpha value is -1.66. The molecule has 1 N–H and O–H groups in total. The molecule has 0 aromatic carbocycles. The summed E-state index contributed by atoms with van der Waals surface area (Å²) in [7, 11) is 0. The normalized spacial score (nSPS) is 20.9. The molecule has 2 aromatic rings. The highest BCUT2D eigenvalue weighted by Crippen LogP contribution is 2.30. The molecule has 2 aliphatic rings. The molecule has 5 nitrogen and oxygen atoms in total. The third-order valence-corrected chi connectivity index (χ3v) is 6.32. The van der Waals surface area contributed by atoms with Crippen molar-refractivity contribution in [2.24, 2.45) is 5.92 Å². The summed E-state index contributed by atoms with van der Waals surface area (Å²) in [6.45, 7) is 3.78. The molecule has 1 aliphatic heterocycles. The van der Waals surface area contributed by atoms with E-state index in [-0.39, 0.29) is 11.9 Å². The molecule has 0 unspecified atom stereocenters. The molecule has 2 aromatic heterocycles. The largest absolute Gasteiger partial charge is 0.356 e. The maximum absolute atomic E-state index is 12.4. The van der Waals surface area contributed by atoms with Crippen molar-refractivity contribution in [1.29, 1.82) is 0 Å². The Morgan fingerprint density at radius 1 is 1.36 bits per heavy atom. The Kier molecular flexibility index (Phi) is 5.17.